The van der Waals surface area contributed by atoms with Gasteiger partial charge in [-0.2, -0.15) is 0 Å². The summed E-state index contributed by atoms with van der Waals surface area (Å²) >= 11 is 12.3. The summed E-state index contributed by atoms with van der Waals surface area (Å²) in [6, 6.07) is 4.92. The van der Waals surface area contributed by atoms with Crippen molar-refractivity contribution in [2.75, 3.05) is 7.11 Å². The van der Waals surface area contributed by atoms with Gasteiger partial charge in [-0.3, -0.25) is 4.79 Å². The van der Waals surface area contributed by atoms with Crippen molar-refractivity contribution in [3.8, 4) is 0 Å². The summed E-state index contributed by atoms with van der Waals surface area (Å²) in [7, 11) is 1.31. The Kier molecular flexibility index (Phi) is 6.40. The lowest BCUT2D eigenvalue weighted by Crippen LogP contribution is -2.10. The molecule has 0 amide bonds. The van der Waals surface area contributed by atoms with Crippen LogP contribution in [0.5, 0.6) is 0 Å². The molecule has 0 bridgehead atoms. The zero-order valence-electron chi connectivity index (χ0n) is 13.5. The Morgan fingerprint density at radius 1 is 1.38 bits per heavy atom. The minimum atomic E-state index is -0.452. The highest BCUT2D eigenvalue weighted by molar-refractivity contribution is 6.32. The van der Waals surface area contributed by atoms with E-state index in [0.717, 1.165) is 30.7 Å². The number of aldehydes is 1. The van der Waals surface area contributed by atoms with Crippen LogP contribution in [-0.4, -0.2) is 28.9 Å². The second-order valence-electron chi connectivity index (χ2n) is 5.31. The second kappa shape index (κ2) is 8.31. The highest BCUT2D eigenvalue weighted by Gasteiger charge is 2.17. The van der Waals surface area contributed by atoms with Crippen molar-refractivity contribution in [1.29, 1.82) is 0 Å². The van der Waals surface area contributed by atoms with Crippen LogP contribution in [0.2, 0.25) is 10.2 Å². The number of halogens is 2. The maximum atomic E-state index is 11.6. The van der Waals surface area contributed by atoms with Gasteiger partial charge < -0.3 is 9.30 Å². The summed E-state index contributed by atoms with van der Waals surface area (Å²) < 4.78 is 6.44. The molecule has 0 unspecified atom stereocenters. The first-order chi connectivity index (χ1) is 11.5. The molecule has 0 aliphatic carbocycles. The summed E-state index contributed by atoms with van der Waals surface area (Å²) in [6.45, 7) is 2.44. The first-order valence-corrected chi connectivity index (χ1v) is 8.34. The number of imidazole rings is 1. The molecule has 2 aromatic rings. The van der Waals surface area contributed by atoms with E-state index < -0.39 is 5.97 Å². The van der Waals surface area contributed by atoms with Gasteiger partial charge in [0.2, 0.25) is 0 Å². The van der Waals surface area contributed by atoms with Gasteiger partial charge in [-0.15, -0.1) is 0 Å². The number of hydrogen-bond donors (Lipinski definition) is 0. The number of nitrogens with zero attached hydrogens (tertiary/aromatic N) is 2. The van der Waals surface area contributed by atoms with Gasteiger partial charge in [0, 0.05) is 11.4 Å². The summed E-state index contributed by atoms with van der Waals surface area (Å²) in [4.78, 5) is 27.2. The lowest BCUT2D eigenvalue weighted by molar-refractivity contribution is 0.0600. The van der Waals surface area contributed by atoms with Crippen LogP contribution in [-0.2, 0) is 17.7 Å². The quantitative estimate of drug-likeness (QED) is 0.543. The maximum absolute atomic E-state index is 11.6. The topological polar surface area (TPSA) is 61.2 Å². The number of aryl methyl sites for hydroxylation is 1. The van der Waals surface area contributed by atoms with Gasteiger partial charge >= 0.3 is 5.97 Å². The van der Waals surface area contributed by atoms with E-state index in [1.54, 1.807) is 22.8 Å². The highest BCUT2D eigenvalue weighted by atomic mass is 35.5. The van der Waals surface area contributed by atoms with Gasteiger partial charge in [-0.1, -0.05) is 42.6 Å². The van der Waals surface area contributed by atoms with Gasteiger partial charge in [-0.25, -0.2) is 9.78 Å². The molecule has 0 N–H and O–H groups in total. The molecule has 2 rings (SSSR count). The average molecular weight is 369 g/mol. The average Bonchev–Trinajstić information content (AvgIpc) is 2.88. The van der Waals surface area contributed by atoms with Gasteiger partial charge in [-0.05, 0) is 24.1 Å². The monoisotopic (exact) mass is 368 g/mol. The van der Waals surface area contributed by atoms with Crippen LogP contribution in [0.25, 0.3) is 0 Å². The van der Waals surface area contributed by atoms with E-state index >= 15 is 0 Å². The number of methoxy groups -OCH3 is 1. The molecule has 0 radical (unpaired) electrons. The van der Waals surface area contributed by atoms with E-state index in [9.17, 15) is 9.59 Å². The number of carbonyl (C=O) groups is 2. The molecule has 24 heavy (non-hydrogen) atoms. The lowest BCUT2D eigenvalue weighted by atomic mass is 10.1. The van der Waals surface area contributed by atoms with E-state index in [4.69, 9.17) is 23.2 Å². The number of unbranched alkanes of at least 4 members (excludes halogenated alkanes) is 1. The van der Waals surface area contributed by atoms with E-state index in [1.807, 2.05) is 0 Å². The lowest BCUT2D eigenvalue weighted by Gasteiger charge is -2.11. The fourth-order valence-electron chi connectivity index (χ4n) is 2.39. The minimum absolute atomic E-state index is 0.193. The first-order valence-electron chi connectivity index (χ1n) is 7.58. The normalized spacial score (nSPS) is 10.7. The Morgan fingerprint density at radius 3 is 2.71 bits per heavy atom. The first kappa shape index (κ1) is 18.5. The van der Waals surface area contributed by atoms with Crippen molar-refractivity contribution >= 4 is 35.5 Å². The smallest absolute Gasteiger partial charge is 0.337 e. The molecule has 1 heterocycles. The molecule has 0 aliphatic heterocycles. The van der Waals surface area contributed by atoms with E-state index in [0.29, 0.717) is 29.1 Å². The van der Waals surface area contributed by atoms with Gasteiger partial charge in [0.25, 0.3) is 0 Å². The fourth-order valence-corrected chi connectivity index (χ4v) is 2.87. The molecule has 128 valence electrons. The number of benzene rings is 1. The summed E-state index contributed by atoms with van der Waals surface area (Å²) in [5.41, 5.74) is 1.46. The third-order valence-corrected chi connectivity index (χ3v) is 4.34. The molecule has 0 fully saturated rings. The third kappa shape index (κ3) is 3.97. The van der Waals surface area contributed by atoms with E-state index in [1.165, 1.54) is 7.11 Å². The Labute approximate surface area is 150 Å². The number of aromatic nitrogens is 2. The van der Waals surface area contributed by atoms with Crippen molar-refractivity contribution in [2.45, 2.75) is 32.7 Å². The van der Waals surface area contributed by atoms with Crippen molar-refractivity contribution in [3.05, 3.63) is 51.0 Å². The van der Waals surface area contributed by atoms with Crippen molar-refractivity contribution in [2.24, 2.45) is 0 Å². The molecule has 1 aromatic heterocycles. The number of ether oxygens (including phenoxy) is 1. The fraction of sp³-hybridized carbons (Fsp3) is 0.353. The molecule has 0 saturated carbocycles. The van der Waals surface area contributed by atoms with Crippen LogP contribution < -0.4 is 0 Å². The van der Waals surface area contributed by atoms with Gasteiger partial charge in [0.15, 0.2) is 11.4 Å². The van der Waals surface area contributed by atoms with Gasteiger partial charge in [0.05, 0.1) is 19.2 Å². The van der Waals surface area contributed by atoms with Gasteiger partial charge in [0.1, 0.15) is 11.5 Å². The number of esters is 1. The largest absolute Gasteiger partial charge is 0.465 e. The molecular formula is C17H18Cl2N2O3. The number of hydrogen-bond acceptors (Lipinski definition) is 4. The SMILES string of the molecule is CCCCc1nc(Cl)c(C=O)n1Cc1ccc(C(=O)OC)cc1Cl. The predicted molar refractivity (Wildman–Crippen MR) is 93.1 cm³/mol. The summed E-state index contributed by atoms with van der Waals surface area (Å²) in [5.74, 6) is 0.295. The number of rotatable bonds is 7. The Balaban J connectivity index is 2.36. The Morgan fingerprint density at radius 2 is 2.12 bits per heavy atom. The molecule has 0 spiro atoms. The molecule has 7 heteroatoms. The van der Waals surface area contributed by atoms with Crippen molar-refractivity contribution in [1.82, 2.24) is 9.55 Å². The third-order valence-electron chi connectivity index (χ3n) is 3.71. The maximum Gasteiger partial charge on any atom is 0.337 e. The van der Waals surface area contributed by atoms with E-state index in [2.05, 4.69) is 16.6 Å². The second-order valence-corrected chi connectivity index (χ2v) is 6.07. The molecule has 5 nitrogen and oxygen atoms in total. The zero-order valence-corrected chi connectivity index (χ0v) is 15.0. The van der Waals surface area contributed by atoms with Crippen molar-refractivity contribution in [3.63, 3.8) is 0 Å². The minimum Gasteiger partial charge on any atom is -0.465 e. The summed E-state index contributed by atoms with van der Waals surface area (Å²) in [6.07, 6.45) is 3.37. The highest BCUT2D eigenvalue weighted by Crippen LogP contribution is 2.24. The molecular weight excluding hydrogens is 351 g/mol. The molecule has 0 aliphatic rings. The zero-order chi connectivity index (χ0) is 17.7. The van der Waals surface area contributed by atoms with E-state index in [-0.39, 0.29) is 5.15 Å². The standard InChI is InChI=1S/C17H18Cl2N2O3/c1-3-4-5-15-20-16(19)14(10-22)21(15)9-12-7-6-11(8-13(12)18)17(23)24-2/h6-8,10H,3-5,9H2,1-2H3. The van der Waals surface area contributed by atoms with Crippen LogP contribution in [0.15, 0.2) is 18.2 Å². The molecule has 0 saturated heterocycles. The van der Waals surface area contributed by atoms with Crippen molar-refractivity contribution < 1.29 is 14.3 Å². The summed E-state index contributed by atoms with van der Waals surface area (Å²) in [5, 5.41) is 0.611. The Hall–Kier alpha value is -1.85. The van der Waals surface area contributed by atoms with Crippen LogP contribution in [0.4, 0.5) is 0 Å². The predicted octanol–water partition coefficient (Wildman–Crippen LogP) is 4.18. The Bertz CT molecular complexity index is 757. The molecule has 0 atom stereocenters. The van der Waals surface area contributed by atoms with Crippen LogP contribution in [0.3, 0.4) is 0 Å². The van der Waals surface area contributed by atoms with Crippen LogP contribution in [0, 0.1) is 0 Å². The van der Waals surface area contributed by atoms with Crippen LogP contribution in [0.1, 0.15) is 52.0 Å². The molecule has 1 aromatic carbocycles. The van der Waals surface area contributed by atoms with Crippen LogP contribution >= 0.6 is 23.2 Å². The number of carbonyl (C=O) groups excluding carboxylic acids is 2.